The van der Waals surface area contributed by atoms with Crippen molar-refractivity contribution in [3.05, 3.63) is 42.2 Å². The summed E-state index contributed by atoms with van der Waals surface area (Å²) in [4.78, 5) is 20.6. The second kappa shape index (κ2) is 12.9. The van der Waals surface area contributed by atoms with Crippen molar-refractivity contribution in [2.75, 3.05) is 13.2 Å². The second-order valence-electron chi connectivity index (χ2n) is 7.55. The molecule has 1 aromatic carbocycles. The lowest BCUT2D eigenvalue weighted by atomic mass is 10.1. The van der Waals surface area contributed by atoms with E-state index in [4.69, 9.17) is 9.47 Å². The third-order valence-electron chi connectivity index (χ3n) is 4.96. The maximum Gasteiger partial charge on any atom is 0.341 e. The summed E-state index contributed by atoms with van der Waals surface area (Å²) >= 11 is 0. The molecular weight excluding hydrogens is 364 g/mol. The fraction of sp³-hybridized carbons (Fsp3) is 0.542. The zero-order valence-electron chi connectivity index (χ0n) is 18.0. The van der Waals surface area contributed by atoms with Gasteiger partial charge >= 0.3 is 5.97 Å². The van der Waals surface area contributed by atoms with Crippen molar-refractivity contribution in [1.82, 2.24) is 9.97 Å². The lowest BCUT2D eigenvalue weighted by Gasteiger charge is -2.09. The van der Waals surface area contributed by atoms with Crippen molar-refractivity contribution in [1.29, 1.82) is 0 Å². The van der Waals surface area contributed by atoms with Crippen LogP contribution in [0.3, 0.4) is 0 Å². The normalized spacial score (nSPS) is 11.8. The standard InChI is InChI=1S/C24H34N2O3/c1-4-6-7-8-9-10-15-28-22-13-11-20(12-14-22)23-25-16-21(17-26-23)24(27)29-18-19(3)5-2/h11-14,16-17,19H,4-10,15,18H2,1-3H3. The van der Waals surface area contributed by atoms with E-state index in [1.165, 1.54) is 44.5 Å². The Morgan fingerprint density at radius 2 is 1.62 bits per heavy atom. The third-order valence-corrected chi connectivity index (χ3v) is 4.96. The molecule has 0 saturated carbocycles. The molecule has 0 amide bonds. The van der Waals surface area contributed by atoms with Crippen LogP contribution in [0.2, 0.25) is 0 Å². The second-order valence-corrected chi connectivity index (χ2v) is 7.55. The summed E-state index contributed by atoms with van der Waals surface area (Å²) < 4.78 is 11.1. The van der Waals surface area contributed by atoms with Crippen LogP contribution in [0.15, 0.2) is 36.7 Å². The average Bonchev–Trinajstić information content (AvgIpc) is 2.77. The van der Waals surface area contributed by atoms with Gasteiger partial charge in [-0.05, 0) is 36.6 Å². The molecule has 1 unspecified atom stereocenters. The third kappa shape index (κ3) is 8.22. The highest BCUT2D eigenvalue weighted by molar-refractivity contribution is 5.88. The van der Waals surface area contributed by atoms with Gasteiger partial charge in [0.05, 0.1) is 18.8 Å². The molecule has 2 rings (SSSR count). The van der Waals surface area contributed by atoms with Crippen molar-refractivity contribution < 1.29 is 14.3 Å². The Kier molecular flexibility index (Phi) is 10.2. The Balaban J connectivity index is 1.79. The highest BCUT2D eigenvalue weighted by Crippen LogP contribution is 2.20. The Morgan fingerprint density at radius 3 is 2.28 bits per heavy atom. The molecule has 2 aromatic rings. The average molecular weight is 399 g/mol. The molecule has 0 fully saturated rings. The molecule has 5 nitrogen and oxygen atoms in total. The Labute approximate surface area is 174 Å². The van der Waals surface area contributed by atoms with Crippen molar-refractivity contribution in [2.45, 2.75) is 65.7 Å². The van der Waals surface area contributed by atoms with E-state index in [0.717, 1.165) is 30.8 Å². The van der Waals surface area contributed by atoms with Gasteiger partial charge in [0, 0.05) is 18.0 Å². The van der Waals surface area contributed by atoms with Crippen LogP contribution in [0.25, 0.3) is 11.4 Å². The molecule has 0 aliphatic carbocycles. The van der Waals surface area contributed by atoms with Gasteiger partial charge in [-0.2, -0.15) is 0 Å². The molecule has 1 heterocycles. The SMILES string of the molecule is CCCCCCCCOc1ccc(-c2ncc(C(=O)OCC(C)CC)cn2)cc1. The van der Waals surface area contributed by atoms with Gasteiger partial charge in [-0.1, -0.05) is 59.3 Å². The molecule has 5 heteroatoms. The molecule has 29 heavy (non-hydrogen) atoms. The van der Waals surface area contributed by atoms with Crippen LogP contribution in [0, 0.1) is 5.92 Å². The van der Waals surface area contributed by atoms with E-state index in [-0.39, 0.29) is 5.97 Å². The zero-order valence-corrected chi connectivity index (χ0v) is 18.0. The summed E-state index contributed by atoms with van der Waals surface area (Å²) in [6.07, 6.45) is 11.5. The van der Waals surface area contributed by atoms with E-state index in [1.54, 1.807) is 0 Å². The number of hydrogen-bond acceptors (Lipinski definition) is 5. The zero-order chi connectivity index (χ0) is 20.9. The molecule has 0 bridgehead atoms. The van der Waals surface area contributed by atoms with Gasteiger partial charge < -0.3 is 9.47 Å². The minimum absolute atomic E-state index is 0.348. The number of carbonyl (C=O) groups is 1. The first-order valence-electron chi connectivity index (χ1n) is 10.9. The number of carbonyl (C=O) groups excluding carboxylic acids is 1. The van der Waals surface area contributed by atoms with Crippen molar-refractivity contribution in [3.63, 3.8) is 0 Å². The van der Waals surface area contributed by atoms with Crippen LogP contribution in [0.5, 0.6) is 5.75 Å². The minimum Gasteiger partial charge on any atom is -0.494 e. The van der Waals surface area contributed by atoms with E-state index in [1.807, 2.05) is 31.2 Å². The fourth-order valence-corrected chi connectivity index (χ4v) is 2.77. The molecule has 0 radical (unpaired) electrons. The Hall–Kier alpha value is -2.43. The van der Waals surface area contributed by atoms with Gasteiger partial charge in [-0.3, -0.25) is 0 Å². The summed E-state index contributed by atoms with van der Waals surface area (Å²) in [6, 6.07) is 7.74. The van der Waals surface area contributed by atoms with Gasteiger partial charge in [0.1, 0.15) is 5.75 Å². The topological polar surface area (TPSA) is 61.3 Å². The number of benzene rings is 1. The highest BCUT2D eigenvalue weighted by Gasteiger charge is 2.11. The molecule has 0 saturated heterocycles. The Morgan fingerprint density at radius 1 is 0.966 bits per heavy atom. The van der Waals surface area contributed by atoms with E-state index < -0.39 is 0 Å². The highest BCUT2D eigenvalue weighted by atomic mass is 16.5. The molecule has 1 atom stereocenters. The molecule has 0 aliphatic heterocycles. The van der Waals surface area contributed by atoms with Crippen LogP contribution < -0.4 is 4.74 Å². The first kappa shape index (κ1) is 22.9. The van der Waals surface area contributed by atoms with E-state index in [2.05, 4.69) is 23.8 Å². The van der Waals surface area contributed by atoms with Gasteiger partial charge in [0.25, 0.3) is 0 Å². The smallest absolute Gasteiger partial charge is 0.341 e. The number of esters is 1. The first-order chi connectivity index (χ1) is 14.1. The predicted octanol–water partition coefficient (Wildman–Crippen LogP) is 6.09. The number of rotatable bonds is 13. The maximum atomic E-state index is 12.0. The molecule has 158 valence electrons. The van der Waals surface area contributed by atoms with Gasteiger partial charge in [0.15, 0.2) is 5.82 Å². The van der Waals surface area contributed by atoms with Gasteiger partial charge in [-0.15, -0.1) is 0 Å². The molecular formula is C24H34N2O3. The van der Waals surface area contributed by atoms with Gasteiger partial charge in [-0.25, -0.2) is 14.8 Å². The number of ether oxygens (including phenoxy) is 2. The van der Waals surface area contributed by atoms with Crippen LogP contribution >= 0.6 is 0 Å². The summed E-state index contributed by atoms with van der Waals surface area (Å²) in [7, 11) is 0. The van der Waals surface area contributed by atoms with E-state index >= 15 is 0 Å². The van der Waals surface area contributed by atoms with Crippen molar-refractivity contribution >= 4 is 5.97 Å². The minimum atomic E-state index is -0.379. The maximum absolute atomic E-state index is 12.0. The lowest BCUT2D eigenvalue weighted by Crippen LogP contribution is -2.12. The van der Waals surface area contributed by atoms with Crippen LogP contribution in [-0.4, -0.2) is 29.2 Å². The van der Waals surface area contributed by atoms with Crippen LogP contribution in [0.4, 0.5) is 0 Å². The quantitative estimate of drug-likeness (QED) is 0.302. The van der Waals surface area contributed by atoms with Crippen molar-refractivity contribution in [3.8, 4) is 17.1 Å². The number of aromatic nitrogens is 2. The summed E-state index contributed by atoms with van der Waals surface area (Å²) in [5.41, 5.74) is 1.26. The first-order valence-corrected chi connectivity index (χ1v) is 10.9. The summed E-state index contributed by atoms with van der Waals surface area (Å²) in [6.45, 7) is 7.51. The van der Waals surface area contributed by atoms with E-state index in [0.29, 0.717) is 23.9 Å². The number of nitrogens with zero attached hydrogens (tertiary/aromatic N) is 2. The molecule has 0 aliphatic rings. The number of hydrogen-bond donors (Lipinski definition) is 0. The Bertz CT molecular complexity index is 714. The van der Waals surface area contributed by atoms with E-state index in [9.17, 15) is 4.79 Å². The molecule has 1 aromatic heterocycles. The van der Waals surface area contributed by atoms with Crippen molar-refractivity contribution in [2.24, 2.45) is 5.92 Å². The lowest BCUT2D eigenvalue weighted by molar-refractivity contribution is 0.0446. The largest absolute Gasteiger partial charge is 0.494 e. The monoisotopic (exact) mass is 398 g/mol. The fourth-order valence-electron chi connectivity index (χ4n) is 2.77. The predicted molar refractivity (Wildman–Crippen MR) is 116 cm³/mol. The molecule has 0 N–H and O–H groups in total. The summed E-state index contributed by atoms with van der Waals surface area (Å²) in [5.74, 6) is 1.40. The van der Waals surface area contributed by atoms with Gasteiger partial charge in [0.2, 0.25) is 0 Å². The van der Waals surface area contributed by atoms with Crippen LogP contribution in [-0.2, 0) is 4.74 Å². The number of unbranched alkanes of at least 4 members (excludes halogenated alkanes) is 5. The summed E-state index contributed by atoms with van der Waals surface area (Å²) in [5, 5.41) is 0. The molecule has 0 spiro atoms. The van der Waals surface area contributed by atoms with Crippen LogP contribution in [0.1, 0.15) is 76.1 Å².